The number of aromatic nitrogens is 3. The summed E-state index contributed by atoms with van der Waals surface area (Å²) in [6.07, 6.45) is -7.25. The van der Waals surface area contributed by atoms with Crippen molar-refractivity contribution in [3.8, 4) is 5.75 Å². The molecule has 0 atom stereocenters. The highest BCUT2D eigenvalue weighted by Gasteiger charge is 2.46. The number of halogens is 5. The smallest absolute Gasteiger partial charge is 0.423 e. The average molecular weight is 438 g/mol. The van der Waals surface area contributed by atoms with Crippen molar-refractivity contribution in [1.82, 2.24) is 15.0 Å². The molecule has 0 unspecified atom stereocenters. The van der Waals surface area contributed by atoms with Crippen molar-refractivity contribution in [3.63, 3.8) is 0 Å². The lowest BCUT2D eigenvalue weighted by atomic mass is 10.2. The maximum atomic E-state index is 13.3. The molecule has 0 fully saturated rings. The number of rotatable bonds is 4. The minimum absolute atomic E-state index is 0.0260. The van der Waals surface area contributed by atoms with Crippen LogP contribution in [-0.2, 0) is 11.0 Å². The van der Waals surface area contributed by atoms with E-state index >= 15 is 0 Å². The number of alkyl halides is 5. The molecule has 0 saturated heterocycles. The molecule has 31 heavy (non-hydrogen) atoms. The molecule has 1 amide bonds. The summed E-state index contributed by atoms with van der Waals surface area (Å²) in [5, 5.41) is 7.58. The van der Waals surface area contributed by atoms with Crippen molar-refractivity contribution in [1.29, 1.82) is 0 Å². The van der Waals surface area contributed by atoms with Crippen molar-refractivity contribution in [2.45, 2.75) is 12.3 Å². The van der Waals surface area contributed by atoms with E-state index in [-0.39, 0.29) is 23.3 Å². The van der Waals surface area contributed by atoms with E-state index in [1.54, 1.807) is 0 Å². The molecule has 160 valence electrons. The number of nitrogens with one attached hydrogen (secondary N) is 3. The fourth-order valence-electron chi connectivity index (χ4n) is 2.59. The number of anilines is 5. The summed E-state index contributed by atoms with van der Waals surface area (Å²) >= 11 is 0. The Morgan fingerprint density at radius 1 is 0.935 bits per heavy atom. The first-order valence-electron chi connectivity index (χ1n) is 8.53. The Hall–Kier alpha value is -4.03. The van der Waals surface area contributed by atoms with Gasteiger partial charge in [-0.15, -0.1) is 0 Å². The molecule has 0 radical (unpaired) electrons. The Labute approximate surface area is 170 Å². The van der Waals surface area contributed by atoms with Gasteiger partial charge >= 0.3 is 18.2 Å². The Bertz CT molecular complexity index is 1140. The van der Waals surface area contributed by atoms with Gasteiger partial charge in [0.15, 0.2) is 5.75 Å². The second-order valence-electron chi connectivity index (χ2n) is 6.24. The third kappa shape index (κ3) is 4.44. The van der Waals surface area contributed by atoms with Gasteiger partial charge in [-0.1, -0.05) is 0 Å². The summed E-state index contributed by atoms with van der Waals surface area (Å²) in [5.74, 6) is -1.71. The van der Waals surface area contributed by atoms with E-state index in [1.165, 1.54) is 30.3 Å². The molecular formula is C18H11F5N6O2. The van der Waals surface area contributed by atoms with Gasteiger partial charge in [0.1, 0.15) is 6.33 Å². The van der Waals surface area contributed by atoms with Crippen LogP contribution in [0.25, 0.3) is 0 Å². The Balaban J connectivity index is 1.48. The number of benzene rings is 2. The summed E-state index contributed by atoms with van der Waals surface area (Å²) in [5.41, 5.74) is -0.102. The zero-order valence-corrected chi connectivity index (χ0v) is 15.2. The summed E-state index contributed by atoms with van der Waals surface area (Å²) in [6, 6.07) is 8.25. The van der Waals surface area contributed by atoms with Crippen molar-refractivity contribution in [2.75, 3.05) is 16.0 Å². The summed E-state index contributed by atoms with van der Waals surface area (Å²) in [7, 11) is 0. The monoisotopic (exact) mass is 438 g/mol. The maximum Gasteiger partial charge on any atom is 0.482 e. The number of carbonyl (C=O) groups is 1. The van der Waals surface area contributed by atoms with Crippen LogP contribution >= 0.6 is 0 Å². The van der Waals surface area contributed by atoms with Gasteiger partial charge in [0, 0.05) is 11.4 Å². The summed E-state index contributed by atoms with van der Waals surface area (Å²) < 4.78 is 68.9. The molecule has 3 N–H and O–H groups in total. The molecule has 0 bridgehead atoms. The van der Waals surface area contributed by atoms with Crippen LogP contribution in [0.2, 0.25) is 0 Å². The van der Waals surface area contributed by atoms with E-state index in [9.17, 15) is 26.7 Å². The van der Waals surface area contributed by atoms with E-state index < -0.39 is 23.8 Å². The summed E-state index contributed by atoms with van der Waals surface area (Å²) in [4.78, 5) is 23.2. The minimum Gasteiger partial charge on any atom is -0.423 e. The van der Waals surface area contributed by atoms with Crippen LogP contribution in [-0.4, -0.2) is 27.0 Å². The highest BCUT2D eigenvalue weighted by Crippen LogP contribution is 2.37. The second-order valence-corrected chi connectivity index (χ2v) is 6.24. The molecule has 1 aliphatic rings. The first-order chi connectivity index (χ1) is 14.6. The molecule has 0 aliphatic carbocycles. The quantitative estimate of drug-likeness (QED) is 0.522. The van der Waals surface area contributed by atoms with Gasteiger partial charge in [0.05, 0.1) is 11.3 Å². The van der Waals surface area contributed by atoms with Crippen LogP contribution in [0.3, 0.4) is 0 Å². The van der Waals surface area contributed by atoms with Gasteiger partial charge in [-0.3, -0.25) is 4.79 Å². The highest BCUT2D eigenvalue weighted by molar-refractivity contribution is 5.99. The molecule has 0 spiro atoms. The van der Waals surface area contributed by atoms with Crippen LogP contribution in [0.15, 0.2) is 48.8 Å². The molecule has 2 aromatic carbocycles. The number of amides is 1. The normalized spacial score (nSPS) is 14.8. The van der Waals surface area contributed by atoms with Crippen molar-refractivity contribution >= 4 is 34.9 Å². The van der Waals surface area contributed by atoms with Crippen molar-refractivity contribution in [3.05, 3.63) is 54.4 Å². The van der Waals surface area contributed by atoms with Crippen LogP contribution in [0, 0.1) is 0 Å². The number of fused-ring (bicyclic) bond motifs is 1. The van der Waals surface area contributed by atoms with Gasteiger partial charge in [0.25, 0.3) is 0 Å². The molecule has 8 nitrogen and oxygen atoms in total. The predicted molar refractivity (Wildman–Crippen MR) is 98.5 cm³/mol. The highest BCUT2D eigenvalue weighted by atomic mass is 19.4. The first kappa shape index (κ1) is 20.3. The largest absolute Gasteiger partial charge is 0.482 e. The van der Waals surface area contributed by atoms with Crippen molar-refractivity contribution in [2.24, 2.45) is 0 Å². The van der Waals surface area contributed by atoms with Crippen LogP contribution < -0.4 is 20.7 Å². The van der Waals surface area contributed by atoms with Crippen molar-refractivity contribution < 1.29 is 31.5 Å². The Morgan fingerprint density at radius 2 is 1.55 bits per heavy atom. The average Bonchev–Trinajstić information content (AvgIpc) is 2.69. The zero-order valence-electron chi connectivity index (χ0n) is 15.2. The second kappa shape index (κ2) is 7.34. The number of hydrogen-bond acceptors (Lipinski definition) is 7. The summed E-state index contributed by atoms with van der Waals surface area (Å²) in [6.45, 7) is 0. The number of hydrogen-bond donors (Lipinski definition) is 3. The van der Waals surface area contributed by atoms with Gasteiger partial charge in [0.2, 0.25) is 11.9 Å². The lowest BCUT2D eigenvalue weighted by molar-refractivity contribution is -0.189. The van der Waals surface area contributed by atoms with Gasteiger partial charge < -0.3 is 20.7 Å². The molecule has 2 heterocycles. The van der Waals surface area contributed by atoms with Crippen LogP contribution in [0.4, 0.5) is 50.9 Å². The Kier molecular flexibility index (Phi) is 4.79. The topological polar surface area (TPSA) is 101 Å². The molecular weight excluding hydrogens is 427 g/mol. The molecule has 4 rings (SSSR count). The number of nitrogens with zero attached hydrogens (tertiary/aromatic N) is 3. The maximum absolute atomic E-state index is 13.3. The van der Waals surface area contributed by atoms with E-state index in [2.05, 4.69) is 30.3 Å². The standard InChI is InChI=1S/C18H11F5N6O2/c19-17(20,21)9-1-3-10(4-2-9)26-15-24-8-25-16(29-15)27-11-5-6-13-12(7-11)28-14(30)18(22,23)31-13/h1-8H,(H,28,30)(H2,24,25,26,27,29). The van der Waals surface area contributed by atoms with Gasteiger partial charge in [-0.05, 0) is 42.5 Å². The third-order valence-electron chi connectivity index (χ3n) is 4.03. The molecule has 3 aromatic rings. The van der Waals surface area contributed by atoms with E-state index in [0.717, 1.165) is 18.5 Å². The zero-order chi connectivity index (χ0) is 22.2. The molecule has 13 heteroatoms. The fraction of sp³-hybridized carbons (Fsp3) is 0.111. The Morgan fingerprint density at radius 3 is 2.19 bits per heavy atom. The van der Waals surface area contributed by atoms with E-state index in [0.29, 0.717) is 11.4 Å². The van der Waals surface area contributed by atoms with Crippen LogP contribution in [0.5, 0.6) is 5.75 Å². The first-order valence-corrected chi connectivity index (χ1v) is 8.53. The minimum atomic E-state index is -4.45. The third-order valence-corrected chi connectivity index (χ3v) is 4.03. The number of carbonyl (C=O) groups excluding carboxylic acids is 1. The lowest BCUT2D eigenvalue weighted by Gasteiger charge is -2.25. The van der Waals surface area contributed by atoms with Gasteiger partial charge in [-0.2, -0.15) is 26.9 Å². The lowest BCUT2D eigenvalue weighted by Crippen LogP contribution is -2.43. The fourth-order valence-corrected chi connectivity index (χ4v) is 2.59. The molecule has 0 saturated carbocycles. The van der Waals surface area contributed by atoms with Crippen LogP contribution in [0.1, 0.15) is 5.56 Å². The predicted octanol–water partition coefficient (Wildman–Crippen LogP) is 4.30. The van der Waals surface area contributed by atoms with Gasteiger partial charge in [-0.25, -0.2) is 9.97 Å². The molecule has 1 aliphatic heterocycles. The van der Waals surface area contributed by atoms with E-state index in [1.807, 2.05) is 5.32 Å². The molecule has 1 aromatic heterocycles. The number of ether oxygens (including phenoxy) is 1. The van der Waals surface area contributed by atoms with E-state index in [4.69, 9.17) is 0 Å². The SMILES string of the molecule is O=C1Nc2cc(Nc3ncnc(Nc4ccc(C(F)(F)F)cc4)n3)ccc2OC1(F)F.